The highest BCUT2D eigenvalue weighted by atomic mass is 32.2. The topological polar surface area (TPSA) is 32.3 Å². The van der Waals surface area contributed by atoms with Crippen LogP contribution < -0.4 is 5.32 Å². The summed E-state index contributed by atoms with van der Waals surface area (Å²) in [6, 6.07) is 11.0. The Balaban J connectivity index is 2.04. The second kappa shape index (κ2) is 7.66. The molecule has 0 saturated heterocycles. The van der Waals surface area contributed by atoms with E-state index in [-0.39, 0.29) is 12.1 Å². The third kappa shape index (κ3) is 4.73. The van der Waals surface area contributed by atoms with Crippen molar-refractivity contribution in [3.05, 3.63) is 35.9 Å². The first-order chi connectivity index (χ1) is 10.1. The molecule has 1 fully saturated rings. The Bertz CT molecular complexity index is 418. The second-order valence-electron chi connectivity index (χ2n) is 6.59. The van der Waals surface area contributed by atoms with E-state index in [4.69, 9.17) is 0 Å². The summed E-state index contributed by atoms with van der Waals surface area (Å²) < 4.78 is 0. The molecule has 1 aromatic rings. The molecule has 2 unspecified atom stereocenters. The van der Waals surface area contributed by atoms with Crippen LogP contribution in [0.3, 0.4) is 0 Å². The van der Waals surface area contributed by atoms with Crippen LogP contribution in [-0.2, 0) is 5.54 Å². The summed E-state index contributed by atoms with van der Waals surface area (Å²) in [5.41, 5.74) is 0.948. The maximum Gasteiger partial charge on any atom is 0.0679 e. The van der Waals surface area contributed by atoms with Gasteiger partial charge in [0.15, 0.2) is 0 Å². The fourth-order valence-corrected chi connectivity index (χ4v) is 3.73. The molecule has 0 heterocycles. The fraction of sp³-hybridized carbons (Fsp3) is 0.667. The lowest BCUT2D eigenvalue weighted by Gasteiger charge is -2.34. The van der Waals surface area contributed by atoms with Gasteiger partial charge in [-0.25, -0.2) is 0 Å². The molecule has 118 valence electrons. The number of thioether (sulfide) groups is 1. The third-order valence-electron chi connectivity index (χ3n) is 4.50. The molecule has 2 atom stereocenters. The van der Waals surface area contributed by atoms with Crippen LogP contribution in [0.15, 0.2) is 30.3 Å². The van der Waals surface area contributed by atoms with Crippen LogP contribution in [0.2, 0.25) is 0 Å². The summed E-state index contributed by atoms with van der Waals surface area (Å²) in [5.74, 6) is 1.78. The lowest BCUT2D eigenvalue weighted by molar-refractivity contribution is 0.154. The molecule has 1 aliphatic rings. The van der Waals surface area contributed by atoms with E-state index in [9.17, 15) is 5.11 Å². The van der Waals surface area contributed by atoms with Crippen molar-refractivity contribution in [3.63, 3.8) is 0 Å². The van der Waals surface area contributed by atoms with Crippen molar-refractivity contribution in [1.82, 2.24) is 5.32 Å². The van der Waals surface area contributed by atoms with Crippen LogP contribution in [0.1, 0.15) is 45.6 Å². The molecule has 0 aromatic heterocycles. The van der Waals surface area contributed by atoms with Crippen molar-refractivity contribution in [2.24, 2.45) is 5.92 Å². The minimum Gasteiger partial charge on any atom is -0.394 e. The Morgan fingerprint density at radius 3 is 2.43 bits per heavy atom. The number of aliphatic hydroxyl groups excluding tert-OH is 1. The molecule has 21 heavy (non-hydrogen) atoms. The monoisotopic (exact) mass is 307 g/mol. The first-order valence-electron chi connectivity index (χ1n) is 8.13. The molecule has 1 saturated carbocycles. The van der Waals surface area contributed by atoms with Crippen molar-refractivity contribution in [1.29, 1.82) is 0 Å². The van der Waals surface area contributed by atoms with Crippen LogP contribution >= 0.6 is 11.8 Å². The van der Waals surface area contributed by atoms with Gasteiger partial charge >= 0.3 is 0 Å². The number of rotatable bonds is 9. The minimum atomic E-state index is -0.272. The molecule has 1 aliphatic carbocycles. The zero-order valence-electron chi connectivity index (χ0n) is 13.5. The Morgan fingerprint density at radius 2 is 1.90 bits per heavy atom. The molecule has 0 radical (unpaired) electrons. The van der Waals surface area contributed by atoms with Crippen LogP contribution in [0, 0.1) is 5.92 Å². The molecule has 2 N–H and O–H groups in total. The fourth-order valence-electron chi connectivity index (χ4n) is 2.50. The number of aliphatic hydroxyl groups is 1. The smallest absolute Gasteiger partial charge is 0.0679 e. The predicted molar refractivity (Wildman–Crippen MR) is 92.7 cm³/mol. The van der Waals surface area contributed by atoms with Gasteiger partial charge in [-0.2, -0.15) is 11.8 Å². The maximum atomic E-state index is 10.1. The van der Waals surface area contributed by atoms with E-state index in [1.54, 1.807) is 0 Å². The molecular formula is C18H29NOS. The van der Waals surface area contributed by atoms with Crippen molar-refractivity contribution in [2.45, 2.75) is 56.9 Å². The van der Waals surface area contributed by atoms with Gasteiger partial charge in [-0.1, -0.05) is 51.1 Å². The van der Waals surface area contributed by atoms with Gasteiger partial charge in [0.05, 0.1) is 12.1 Å². The summed E-state index contributed by atoms with van der Waals surface area (Å²) in [6.45, 7) is 7.02. The van der Waals surface area contributed by atoms with Crippen LogP contribution in [0.4, 0.5) is 0 Å². The van der Waals surface area contributed by atoms with E-state index in [0.29, 0.717) is 17.2 Å². The van der Waals surface area contributed by atoms with Gasteiger partial charge in [0.25, 0.3) is 0 Å². The molecule has 2 rings (SSSR count). The summed E-state index contributed by atoms with van der Waals surface area (Å²) in [7, 11) is 0. The normalized spacial score (nSPS) is 19.5. The first kappa shape index (κ1) is 16.9. The molecule has 3 heteroatoms. The zero-order valence-corrected chi connectivity index (χ0v) is 14.3. The quantitative estimate of drug-likeness (QED) is 0.728. The second-order valence-corrected chi connectivity index (χ2v) is 8.08. The van der Waals surface area contributed by atoms with E-state index in [1.165, 1.54) is 18.4 Å². The Hall–Kier alpha value is -0.510. The van der Waals surface area contributed by atoms with Crippen LogP contribution in [0.25, 0.3) is 0 Å². The van der Waals surface area contributed by atoms with Gasteiger partial charge in [-0.15, -0.1) is 0 Å². The molecule has 0 bridgehead atoms. The average Bonchev–Trinajstić information content (AvgIpc) is 3.30. The number of benzene rings is 1. The molecule has 1 aromatic carbocycles. The van der Waals surface area contributed by atoms with Crippen molar-refractivity contribution in [3.8, 4) is 0 Å². The minimum absolute atomic E-state index is 0.171. The first-order valence-corrected chi connectivity index (χ1v) is 9.18. The predicted octanol–water partition coefficient (Wildman–Crippen LogP) is 3.79. The highest BCUT2D eigenvalue weighted by Gasteiger charge is 2.36. The lowest BCUT2D eigenvalue weighted by atomic mass is 9.87. The van der Waals surface area contributed by atoms with Gasteiger partial charge in [0.1, 0.15) is 0 Å². The number of hydrogen-bond acceptors (Lipinski definition) is 3. The Kier molecular flexibility index (Phi) is 6.15. The van der Waals surface area contributed by atoms with Crippen molar-refractivity contribution < 1.29 is 5.11 Å². The highest BCUT2D eigenvalue weighted by molar-refractivity contribution is 7.99. The van der Waals surface area contributed by atoms with Crippen LogP contribution in [0.5, 0.6) is 0 Å². The molecule has 0 spiro atoms. The summed E-state index contributed by atoms with van der Waals surface area (Å²) in [6.07, 6.45) is 3.46. The van der Waals surface area contributed by atoms with Crippen molar-refractivity contribution >= 4 is 11.8 Å². The van der Waals surface area contributed by atoms with E-state index >= 15 is 0 Å². The summed E-state index contributed by atoms with van der Waals surface area (Å²) in [5, 5.41) is 14.5. The van der Waals surface area contributed by atoms with Gasteiger partial charge in [-0.05, 0) is 36.5 Å². The van der Waals surface area contributed by atoms with E-state index in [0.717, 1.165) is 12.2 Å². The SMILES string of the molecule is CC(C)C(C)SCCC(CO)(NC1CC1)c1ccccc1. The molecule has 0 amide bonds. The van der Waals surface area contributed by atoms with Crippen LogP contribution in [-0.4, -0.2) is 28.8 Å². The summed E-state index contributed by atoms with van der Waals surface area (Å²) >= 11 is 2.02. The molecule has 0 aliphatic heterocycles. The Labute approximate surface area is 133 Å². The molecular weight excluding hydrogens is 278 g/mol. The Morgan fingerprint density at radius 1 is 1.24 bits per heavy atom. The van der Waals surface area contributed by atoms with Gasteiger partial charge < -0.3 is 10.4 Å². The van der Waals surface area contributed by atoms with Gasteiger partial charge in [0, 0.05) is 11.3 Å². The number of hydrogen-bond donors (Lipinski definition) is 2. The average molecular weight is 308 g/mol. The van der Waals surface area contributed by atoms with Crippen molar-refractivity contribution in [2.75, 3.05) is 12.4 Å². The van der Waals surface area contributed by atoms with E-state index in [1.807, 2.05) is 17.8 Å². The highest BCUT2D eigenvalue weighted by Crippen LogP contribution is 2.33. The maximum absolute atomic E-state index is 10.1. The standard InChI is InChI=1S/C18H29NOS/c1-14(2)15(3)21-12-11-18(13-20,19-17-9-10-17)16-7-5-4-6-8-16/h4-8,14-15,17,19-20H,9-13H2,1-3H3. The third-order valence-corrected chi connectivity index (χ3v) is 6.01. The summed E-state index contributed by atoms with van der Waals surface area (Å²) in [4.78, 5) is 0. The zero-order chi connectivity index (χ0) is 15.3. The van der Waals surface area contributed by atoms with Gasteiger partial charge in [0.2, 0.25) is 0 Å². The largest absolute Gasteiger partial charge is 0.394 e. The molecule has 2 nitrogen and oxygen atoms in total. The van der Waals surface area contributed by atoms with E-state index < -0.39 is 0 Å². The lowest BCUT2D eigenvalue weighted by Crippen LogP contribution is -2.47. The van der Waals surface area contributed by atoms with E-state index in [2.05, 4.69) is 50.4 Å². The van der Waals surface area contributed by atoms with Gasteiger partial charge in [-0.3, -0.25) is 0 Å². The number of nitrogens with one attached hydrogen (secondary N) is 1.